The molecule has 0 saturated heterocycles. The lowest BCUT2D eigenvalue weighted by Gasteiger charge is -2.10. The Balaban J connectivity index is 0.000000540. The van der Waals surface area contributed by atoms with Crippen molar-refractivity contribution >= 4 is 11.7 Å². The molecule has 0 unspecified atom stereocenters. The van der Waals surface area contributed by atoms with Crippen LogP contribution in [-0.4, -0.2) is 44.6 Å². The standard InChI is InChI=1S/C24H28N2O2.C2HF3O2/c1-27-15-14-25-17-19-6-8-21(9-7-19)22-5-3-4-20(16-22)18-26-23-10-12-24(28-2)13-11-23;3-2(4,5)1(6)7/h3-13,16,25-26H,14-15,17-18H2,1-2H3;(H,6,7). The van der Waals surface area contributed by atoms with Crippen LogP contribution in [0.15, 0.2) is 72.8 Å². The van der Waals surface area contributed by atoms with Gasteiger partial charge in [-0.1, -0.05) is 42.5 Å². The molecule has 0 heterocycles. The van der Waals surface area contributed by atoms with E-state index >= 15 is 0 Å². The molecular formula is C26H29F3N2O4. The molecule has 0 aliphatic carbocycles. The van der Waals surface area contributed by atoms with Crippen LogP contribution >= 0.6 is 0 Å². The Morgan fingerprint density at radius 1 is 0.886 bits per heavy atom. The fraction of sp³-hybridized carbons (Fsp3) is 0.269. The molecule has 0 saturated carbocycles. The number of ether oxygens (including phenoxy) is 2. The van der Waals surface area contributed by atoms with E-state index < -0.39 is 12.1 Å². The molecule has 0 aliphatic heterocycles. The highest BCUT2D eigenvalue weighted by atomic mass is 19.4. The first-order valence-electron chi connectivity index (χ1n) is 10.8. The number of nitrogens with one attached hydrogen (secondary N) is 2. The number of anilines is 1. The lowest BCUT2D eigenvalue weighted by Crippen LogP contribution is -2.21. The molecule has 0 radical (unpaired) electrons. The van der Waals surface area contributed by atoms with Crippen LogP contribution in [-0.2, 0) is 22.6 Å². The van der Waals surface area contributed by atoms with Crippen LogP contribution in [0.25, 0.3) is 11.1 Å². The fourth-order valence-corrected chi connectivity index (χ4v) is 3.00. The largest absolute Gasteiger partial charge is 0.497 e. The summed E-state index contributed by atoms with van der Waals surface area (Å²) >= 11 is 0. The van der Waals surface area contributed by atoms with Crippen molar-refractivity contribution in [3.05, 3.63) is 83.9 Å². The maximum atomic E-state index is 10.6. The molecule has 35 heavy (non-hydrogen) atoms. The lowest BCUT2D eigenvalue weighted by molar-refractivity contribution is -0.192. The van der Waals surface area contributed by atoms with Crippen molar-refractivity contribution in [3.8, 4) is 16.9 Å². The van der Waals surface area contributed by atoms with Gasteiger partial charge in [0.2, 0.25) is 0 Å². The predicted molar refractivity (Wildman–Crippen MR) is 129 cm³/mol. The molecule has 0 aromatic heterocycles. The van der Waals surface area contributed by atoms with E-state index in [9.17, 15) is 13.2 Å². The van der Waals surface area contributed by atoms with Crippen LogP contribution in [0.5, 0.6) is 5.75 Å². The number of carboxylic acid groups (broad SMARTS) is 1. The zero-order valence-corrected chi connectivity index (χ0v) is 19.6. The fourth-order valence-electron chi connectivity index (χ4n) is 3.00. The highest BCUT2D eigenvalue weighted by Gasteiger charge is 2.38. The van der Waals surface area contributed by atoms with Gasteiger partial charge in [0.15, 0.2) is 0 Å². The van der Waals surface area contributed by atoms with Gasteiger partial charge in [-0.3, -0.25) is 0 Å². The molecule has 0 bridgehead atoms. The Bertz CT molecular complexity index is 1040. The molecular weight excluding hydrogens is 461 g/mol. The molecule has 3 N–H and O–H groups in total. The molecule has 9 heteroatoms. The molecule has 0 atom stereocenters. The van der Waals surface area contributed by atoms with Crippen molar-refractivity contribution in [2.75, 3.05) is 32.7 Å². The van der Waals surface area contributed by atoms with Crippen LogP contribution in [0.4, 0.5) is 18.9 Å². The van der Waals surface area contributed by atoms with Crippen molar-refractivity contribution in [3.63, 3.8) is 0 Å². The Kier molecular flexibility index (Phi) is 11.1. The Morgan fingerprint density at radius 2 is 1.54 bits per heavy atom. The van der Waals surface area contributed by atoms with E-state index in [0.29, 0.717) is 0 Å². The van der Waals surface area contributed by atoms with Gasteiger partial charge in [0.25, 0.3) is 0 Å². The zero-order valence-electron chi connectivity index (χ0n) is 19.6. The van der Waals surface area contributed by atoms with Crippen molar-refractivity contribution in [2.45, 2.75) is 19.3 Å². The molecule has 0 amide bonds. The van der Waals surface area contributed by atoms with Gasteiger partial charge in [0, 0.05) is 32.4 Å². The van der Waals surface area contributed by atoms with E-state index in [4.69, 9.17) is 19.4 Å². The number of hydrogen-bond donors (Lipinski definition) is 3. The van der Waals surface area contributed by atoms with E-state index in [0.717, 1.165) is 37.7 Å². The smallest absolute Gasteiger partial charge is 0.490 e. The van der Waals surface area contributed by atoms with Crippen LogP contribution in [0, 0.1) is 0 Å². The third-order valence-corrected chi connectivity index (χ3v) is 4.86. The number of halogens is 3. The number of hydrogen-bond acceptors (Lipinski definition) is 5. The highest BCUT2D eigenvalue weighted by Crippen LogP contribution is 2.22. The Hall–Kier alpha value is -3.56. The summed E-state index contributed by atoms with van der Waals surface area (Å²) in [5.74, 6) is -1.89. The maximum absolute atomic E-state index is 10.6. The van der Waals surface area contributed by atoms with Gasteiger partial charge in [0.1, 0.15) is 5.75 Å². The number of aliphatic carboxylic acids is 1. The summed E-state index contributed by atoms with van der Waals surface area (Å²) in [4.78, 5) is 8.90. The quantitative estimate of drug-likeness (QED) is 0.333. The lowest BCUT2D eigenvalue weighted by atomic mass is 10.0. The van der Waals surface area contributed by atoms with Gasteiger partial charge in [0.05, 0.1) is 13.7 Å². The van der Waals surface area contributed by atoms with Crippen molar-refractivity contribution in [1.82, 2.24) is 5.32 Å². The third kappa shape index (κ3) is 10.1. The number of methoxy groups -OCH3 is 2. The number of benzene rings is 3. The summed E-state index contributed by atoms with van der Waals surface area (Å²) in [6.45, 7) is 3.23. The summed E-state index contributed by atoms with van der Waals surface area (Å²) in [5.41, 5.74) is 6.06. The summed E-state index contributed by atoms with van der Waals surface area (Å²) in [5, 5.41) is 14.0. The second-order valence-corrected chi connectivity index (χ2v) is 7.45. The first kappa shape index (κ1) is 27.7. The van der Waals surface area contributed by atoms with Gasteiger partial charge in [-0.2, -0.15) is 13.2 Å². The van der Waals surface area contributed by atoms with Crippen LogP contribution in [0.1, 0.15) is 11.1 Å². The molecule has 3 rings (SSSR count). The Morgan fingerprint density at radius 3 is 2.11 bits per heavy atom. The minimum atomic E-state index is -5.08. The summed E-state index contributed by atoms with van der Waals surface area (Å²) < 4.78 is 42.0. The molecule has 3 aromatic carbocycles. The Labute approximate surface area is 202 Å². The van der Waals surface area contributed by atoms with E-state index in [1.54, 1.807) is 14.2 Å². The topological polar surface area (TPSA) is 79.8 Å². The zero-order chi connectivity index (χ0) is 25.7. The molecule has 3 aromatic rings. The van der Waals surface area contributed by atoms with Crippen LogP contribution in [0.3, 0.4) is 0 Å². The van der Waals surface area contributed by atoms with E-state index in [2.05, 4.69) is 59.2 Å². The maximum Gasteiger partial charge on any atom is 0.490 e. The normalized spacial score (nSPS) is 10.8. The summed E-state index contributed by atoms with van der Waals surface area (Å²) in [6.07, 6.45) is -5.08. The van der Waals surface area contributed by atoms with E-state index in [-0.39, 0.29) is 0 Å². The monoisotopic (exact) mass is 490 g/mol. The van der Waals surface area contributed by atoms with Gasteiger partial charge in [-0.25, -0.2) is 4.79 Å². The van der Waals surface area contributed by atoms with E-state index in [1.807, 2.05) is 24.3 Å². The number of rotatable bonds is 10. The molecule has 6 nitrogen and oxygen atoms in total. The number of carboxylic acids is 1. The van der Waals surface area contributed by atoms with Gasteiger partial charge in [-0.05, 0) is 52.6 Å². The van der Waals surface area contributed by atoms with Gasteiger partial charge < -0.3 is 25.2 Å². The second kappa shape index (κ2) is 14.0. The van der Waals surface area contributed by atoms with Crippen molar-refractivity contribution < 1.29 is 32.5 Å². The molecule has 0 aliphatic rings. The third-order valence-electron chi connectivity index (χ3n) is 4.86. The SMILES string of the molecule is COCCNCc1ccc(-c2cccc(CNc3ccc(OC)cc3)c2)cc1.O=C(O)C(F)(F)F. The van der Waals surface area contributed by atoms with Crippen molar-refractivity contribution in [1.29, 1.82) is 0 Å². The predicted octanol–water partition coefficient (Wildman–Crippen LogP) is 5.34. The number of carbonyl (C=O) groups is 1. The van der Waals surface area contributed by atoms with Gasteiger partial charge in [-0.15, -0.1) is 0 Å². The average molecular weight is 491 g/mol. The molecule has 0 spiro atoms. The molecule has 0 fully saturated rings. The average Bonchev–Trinajstić information content (AvgIpc) is 2.86. The summed E-state index contributed by atoms with van der Waals surface area (Å²) in [7, 11) is 3.40. The minimum Gasteiger partial charge on any atom is -0.497 e. The van der Waals surface area contributed by atoms with Crippen LogP contribution < -0.4 is 15.4 Å². The second-order valence-electron chi connectivity index (χ2n) is 7.45. The minimum absolute atomic E-state index is 0.732. The number of alkyl halides is 3. The van der Waals surface area contributed by atoms with E-state index in [1.165, 1.54) is 22.3 Å². The highest BCUT2D eigenvalue weighted by molar-refractivity contribution is 5.73. The first-order chi connectivity index (χ1) is 16.7. The van der Waals surface area contributed by atoms with Gasteiger partial charge >= 0.3 is 12.1 Å². The molecule has 188 valence electrons. The first-order valence-corrected chi connectivity index (χ1v) is 10.8. The van der Waals surface area contributed by atoms with Crippen molar-refractivity contribution in [2.24, 2.45) is 0 Å². The summed E-state index contributed by atoms with van der Waals surface area (Å²) in [6, 6.07) is 25.4. The van der Waals surface area contributed by atoms with Crippen LogP contribution in [0.2, 0.25) is 0 Å².